The van der Waals surface area contributed by atoms with Crippen LogP contribution in [0.2, 0.25) is 0 Å². The molecular weight excluding hydrogens is 462 g/mol. The van der Waals surface area contributed by atoms with Gasteiger partial charge in [0.05, 0.1) is 11.3 Å². The molecule has 0 fully saturated rings. The molecule has 0 aliphatic heterocycles. The highest BCUT2D eigenvalue weighted by molar-refractivity contribution is 8.00. The van der Waals surface area contributed by atoms with Crippen molar-refractivity contribution in [2.75, 3.05) is 18.6 Å². The summed E-state index contributed by atoms with van der Waals surface area (Å²) in [6.07, 6.45) is 1.90. The van der Waals surface area contributed by atoms with E-state index in [-0.39, 0.29) is 11.4 Å². The molecule has 2 heterocycles. The number of carbonyl (C=O) groups excluding carboxylic acids is 2. The smallest absolute Gasteiger partial charge is 0.338 e. The van der Waals surface area contributed by atoms with Gasteiger partial charge in [-0.25, -0.2) is 14.3 Å². The standard InChI is InChI=1S/C18H17N5O5S3/c1-21-13(19)12(14(25)22(2)17(21)27)11(24)8-28-15(26)9-4-6-10(7-5-9)23-18(29)31-16(20-23)30-3/h4-7H,8,19H2,1-3H3. The van der Waals surface area contributed by atoms with Crippen LogP contribution < -0.4 is 17.0 Å². The fraction of sp³-hybridized carbons (Fsp3) is 0.222. The number of Topliss-reactive ketones (excluding diaryl/α,β-unsaturated/α-hetero) is 1. The summed E-state index contributed by atoms with van der Waals surface area (Å²) in [5.74, 6) is -1.85. The normalized spacial score (nSPS) is 10.8. The molecule has 0 amide bonds. The number of aromatic nitrogens is 4. The van der Waals surface area contributed by atoms with Crippen LogP contribution in [0.15, 0.2) is 38.2 Å². The molecular formula is C18H17N5O5S3. The Balaban J connectivity index is 1.75. The third-order valence-corrected chi connectivity index (χ3v) is 6.58. The minimum Gasteiger partial charge on any atom is -0.454 e. The third-order valence-electron chi connectivity index (χ3n) is 4.37. The molecule has 3 rings (SSSR count). The fourth-order valence-corrected chi connectivity index (χ4v) is 4.43. The summed E-state index contributed by atoms with van der Waals surface area (Å²) in [6.45, 7) is -0.702. The molecule has 0 aliphatic rings. The monoisotopic (exact) mass is 479 g/mol. The number of ether oxygens (including phenoxy) is 1. The van der Waals surface area contributed by atoms with Crippen LogP contribution in [-0.2, 0) is 18.8 Å². The fourth-order valence-electron chi connectivity index (χ4n) is 2.65. The minimum atomic E-state index is -0.851. The highest BCUT2D eigenvalue weighted by Crippen LogP contribution is 2.22. The second-order valence-electron chi connectivity index (χ2n) is 6.26. The zero-order chi connectivity index (χ0) is 22.9. The number of hydrogen-bond acceptors (Lipinski definition) is 10. The lowest BCUT2D eigenvalue weighted by molar-refractivity contribution is 0.0474. The third kappa shape index (κ3) is 4.38. The first kappa shape index (κ1) is 22.7. The maximum Gasteiger partial charge on any atom is 0.338 e. The van der Waals surface area contributed by atoms with Crippen molar-refractivity contribution in [1.29, 1.82) is 0 Å². The maximum absolute atomic E-state index is 12.4. The number of ketones is 1. The van der Waals surface area contributed by atoms with Crippen LogP contribution in [0, 0.1) is 3.95 Å². The Kier molecular flexibility index (Phi) is 6.57. The van der Waals surface area contributed by atoms with Gasteiger partial charge in [-0.15, -0.1) is 5.10 Å². The second kappa shape index (κ2) is 8.99. The molecule has 162 valence electrons. The van der Waals surface area contributed by atoms with Crippen molar-refractivity contribution in [3.8, 4) is 5.69 Å². The van der Waals surface area contributed by atoms with Gasteiger partial charge in [0, 0.05) is 14.1 Å². The van der Waals surface area contributed by atoms with Crippen LogP contribution in [0.25, 0.3) is 5.69 Å². The second-order valence-corrected chi connectivity index (χ2v) is 8.94. The van der Waals surface area contributed by atoms with E-state index >= 15 is 0 Å². The van der Waals surface area contributed by atoms with Gasteiger partial charge in [-0.05, 0) is 42.7 Å². The van der Waals surface area contributed by atoms with Crippen molar-refractivity contribution in [3.05, 3.63) is 60.2 Å². The van der Waals surface area contributed by atoms with Gasteiger partial charge in [-0.2, -0.15) is 0 Å². The molecule has 3 aromatic rings. The van der Waals surface area contributed by atoms with Crippen LogP contribution in [0.4, 0.5) is 5.82 Å². The number of benzene rings is 1. The van der Waals surface area contributed by atoms with E-state index in [4.69, 9.17) is 22.7 Å². The van der Waals surface area contributed by atoms with Crippen molar-refractivity contribution in [3.63, 3.8) is 0 Å². The molecule has 31 heavy (non-hydrogen) atoms. The van der Waals surface area contributed by atoms with Crippen LogP contribution in [0.1, 0.15) is 20.7 Å². The number of hydrogen-bond donors (Lipinski definition) is 1. The van der Waals surface area contributed by atoms with Crippen LogP contribution in [0.3, 0.4) is 0 Å². The van der Waals surface area contributed by atoms with Gasteiger partial charge in [0.2, 0.25) is 5.78 Å². The van der Waals surface area contributed by atoms with Gasteiger partial charge in [-0.3, -0.25) is 18.7 Å². The first-order valence-electron chi connectivity index (χ1n) is 8.66. The zero-order valence-electron chi connectivity index (χ0n) is 16.6. The molecule has 0 bridgehead atoms. The van der Waals surface area contributed by atoms with Crippen molar-refractivity contribution in [1.82, 2.24) is 18.9 Å². The van der Waals surface area contributed by atoms with Crippen molar-refractivity contribution < 1.29 is 14.3 Å². The van der Waals surface area contributed by atoms with E-state index in [0.29, 0.717) is 9.64 Å². The molecule has 2 aromatic heterocycles. The molecule has 0 aliphatic carbocycles. The largest absolute Gasteiger partial charge is 0.454 e. The van der Waals surface area contributed by atoms with Gasteiger partial charge < -0.3 is 10.5 Å². The molecule has 0 radical (unpaired) electrons. The van der Waals surface area contributed by atoms with Gasteiger partial charge in [0.15, 0.2) is 14.9 Å². The molecule has 2 N–H and O–H groups in total. The Bertz CT molecular complexity index is 1350. The number of anilines is 1. The van der Waals surface area contributed by atoms with Crippen molar-refractivity contribution in [2.24, 2.45) is 14.1 Å². The lowest BCUT2D eigenvalue weighted by Gasteiger charge is -2.11. The summed E-state index contributed by atoms with van der Waals surface area (Å²) in [7, 11) is 2.56. The minimum absolute atomic E-state index is 0.199. The summed E-state index contributed by atoms with van der Waals surface area (Å²) in [4.78, 5) is 48.8. The first-order valence-corrected chi connectivity index (χ1v) is 11.1. The van der Waals surface area contributed by atoms with E-state index in [1.807, 2.05) is 6.26 Å². The van der Waals surface area contributed by atoms with E-state index < -0.39 is 35.2 Å². The average molecular weight is 480 g/mol. The number of esters is 1. The molecule has 0 saturated carbocycles. The predicted octanol–water partition coefficient (Wildman–Crippen LogP) is 1.40. The summed E-state index contributed by atoms with van der Waals surface area (Å²) >= 11 is 8.14. The zero-order valence-corrected chi connectivity index (χ0v) is 19.1. The Labute approximate surface area is 188 Å². The number of nitrogens with two attached hydrogens (primary N) is 1. The average Bonchev–Trinajstić information content (AvgIpc) is 3.15. The van der Waals surface area contributed by atoms with E-state index in [0.717, 1.165) is 13.5 Å². The highest BCUT2D eigenvalue weighted by atomic mass is 32.2. The Morgan fingerprint density at radius 3 is 2.42 bits per heavy atom. The Morgan fingerprint density at radius 2 is 1.84 bits per heavy atom. The van der Waals surface area contributed by atoms with Gasteiger partial charge in [0.25, 0.3) is 5.56 Å². The SMILES string of the molecule is CSc1nn(-c2ccc(C(=O)OCC(=O)c3c(N)n(C)c(=O)n(C)c3=O)cc2)c(=S)s1. The Hall–Kier alpha value is -3.03. The molecule has 1 aromatic carbocycles. The molecule has 10 nitrogen and oxygen atoms in total. The lowest BCUT2D eigenvalue weighted by Crippen LogP contribution is -2.42. The molecule has 13 heteroatoms. The van der Waals surface area contributed by atoms with E-state index in [1.165, 1.54) is 49.3 Å². The van der Waals surface area contributed by atoms with Gasteiger partial charge in [0.1, 0.15) is 11.4 Å². The predicted molar refractivity (Wildman–Crippen MR) is 120 cm³/mol. The van der Waals surface area contributed by atoms with Crippen LogP contribution in [0.5, 0.6) is 0 Å². The van der Waals surface area contributed by atoms with E-state index in [9.17, 15) is 19.2 Å². The Morgan fingerprint density at radius 1 is 1.19 bits per heavy atom. The lowest BCUT2D eigenvalue weighted by atomic mass is 10.2. The number of carbonyl (C=O) groups is 2. The quantitative estimate of drug-likeness (QED) is 0.241. The molecule has 0 saturated heterocycles. The number of nitrogen functional groups attached to an aromatic ring is 1. The van der Waals surface area contributed by atoms with Crippen LogP contribution >= 0.6 is 35.3 Å². The highest BCUT2D eigenvalue weighted by Gasteiger charge is 2.21. The first-order chi connectivity index (χ1) is 14.6. The summed E-state index contributed by atoms with van der Waals surface area (Å²) in [5.41, 5.74) is 4.69. The van der Waals surface area contributed by atoms with Gasteiger partial charge >= 0.3 is 11.7 Å². The van der Waals surface area contributed by atoms with E-state index in [1.54, 1.807) is 16.8 Å². The number of rotatable bonds is 6. The molecule has 0 unspecified atom stereocenters. The maximum atomic E-state index is 12.4. The topological polar surface area (TPSA) is 131 Å². The van der Waals surface area contributed by atoms with Gasteiger partial charge in [-0.1, -0.05) is 23.1 Å². The molecule has 0 spiro atoms. The number of thioether (sulfide) groups is 1. The van der Waals surface area contributed by atoms with Crippen LogP contribution in [-0.4, -0.2) is 43.5 Å². The summed E-state index contributed by atoms with van der Waals surface area (Å²) in [6, 6.07) is 6.33. The number of nitrogens with zero attached hydrogens (tertiary/aromatic N) is 4. The molecule has 0 atom stereocenters. The summed E-state index contributed by atoms with van der Waals surface area (Å²) in [5, 5.41) is 4.37. The van der Waals surface area contributed by atoms with Crippen molar-refractivity contribution in [2.45, 2.75) is 4.34 Å². The summed E-state index contributed by atoms with van der Waals surface area (Å²) < 4.78 is 9.74. The van der Waals surface area contributed by atoms with Crippen molar-refractivity contribution >= 4 is 52.9 Å². The van der Waals surface area contributed by atoms with E-state index in [2.05, 4.69) is 5.10 Å².